The predicted octanol–water partition coefficient (Wildman–Crippen LogP) is 5.23. The first-order chi connectivity index (χ1) is 9.97. The van der Waals surface area contributed by atoms with Crippen LogP contribution in [0.25, 0.3) is 0 Å². The van der Waals surface area contributed by atoms with E-state index in [0.29, 0.717) is 17.1 Å². The van der Waals surface area contributed by atoms with Crippen LogP contribution in [0.5, 0.6) is 0 Å². The van der Waals surface area contributed by atoms with Crippen molar-refractivity contribution in [2.24, 2.45) is 40.4 Å². The van der Waals surface area contributed by atoms with Crippen LogP contribution in [0.1, 0.15) is 78.6 Å². The molecule has 0 N–H and O–H groups in total. The number of fused-ring (bicyclic) bond motifs is 5. The Balaban J connectivity index is 1.69. The summed E-state index contributed by atoms with van der Waals surface area (Å²) in [6, 6.07) is 0. The van der Waals surface area contributed by atoms with Crippen LogP contribution in [-0.4, -0.2) is 5.78 Å². The fraction of sp³-hybridized carbons (Fsp3) is 0.950. The molecule has 118 valence electrons. The van der Waals surface area contributed by atoms with Crippen LogP contribution in [0.3, 0.4) is 0 Å². The molecule has 4 fully saturated rings. The van der Waals surface area contributed by atoms with Crippen molar-refractivity contribution in [1.29, 1.82) is 0 Å². The Kier molecular flexibility index (Phi) is 3.12. The van der Waals surface area contributed by atoms with Gasteiger partial charge in [-0.2, -0.15) is 0 Å². The van der Waals surface area contributed by atoms with Gasteiger partial charge in [0.15, 0.2) is 0 Å². The Morgan fingerprint density at radius 2 is 1.76 bits per heavy atom. The quantitative estimate of drug-likeness (QED) is 0.596. The van der Waals surface area contributed by atoms with E-state index in [2.05, 4.69) is 20.8 Å². The molecule has 7 atom stereocenters. The van der Waals surface area contributed by atoms with Crippen LogP contribution in [0.4, 0.5) is 0 Å². The monoisotopic (exact) mass is 288 g/mol. The van der Waals surface area contributed by atoms with E-state index in [0.717, 1.165) is 30.1 Å². The molecule has 0 amide bonds. The molecule has 1 nitrogen and oxygen atoms in total. The van der Waals surface area contributed by atoms with Crippen molar-refractivity contribution in [2.75, 3.05) is 0 Å². The van der Waals surface area contributed by atoms with Crippen LogP contribution < -0.4 is 0 Å². The number of carbonyl (C=O) groups is 1. The lowest BCUT2D eigenvalue weighted by Crippen LogP contribution is -2.55. The summed E-state index contributed by atoms with van der Waals surface area (Å²) >= 11 is 0. The number of ketones is 1. The third-order valence-electron chi connectivity index (χ3n) is 8.65. The zero-order valence-corrected chi connectivity index (χ0v) is 14.2. The molecular weight excluding hydrogens is 256 g/mol. The second-order valence-electron chi connectivity index (χ2n) is 9.37. The van der Waals surface area contributed by atoms with Gasteiger partial charge in [0, 0.05) is 11.8 Å². The summed E-state index contributed by atoms with van der Waals surface area (Å²) in [7, 11) is 0. The summed E-state index contributed by atoms with van der Waals surface area (Å²) in [4.78, 5) is 12.4. The Morgan fingerprint density at radius 3 is 2.57 bits per heavy atom. The molecule has 4 aliphatic carbocycles. The average molecular weight is 288 g/mol. The third kappa shape index (κ3) is 1.78. The molecule has 0 aliphatic heterocycles. The zero-order valence-electron chi connectivity index (χ0n) is 14.2. The van der Waals surface area contributed by atoms with Crippen LogP contribution in [0.2, 0.25) is 0 Å². The van der Waals surface area contributed by atoms with E-state index in [-0.39, 0.29) is 5.41 Å². The van der Waals surface area contributed by atoms with E-state index in [9.17, 15) is 4.79 Å². The third-order valence-corrected chi connectivity index (χ3v) is 8.65. The van der Waals surface area contributed by atoms with Gasteiger partial charge in [-0.05, 0) is 73.5 Å². The number of hydrogen-bond acceptors (Lipinski definition) is 1. The number of rotatable bonds is 0. The van der Waals surface area contributed by atoms with Gasteiger partial charge in [-0.3, -0.25) is 4.79 Å². The van der Waals surface area contributed by atoms with Gasteiger partial charge in [-0.1, -0.05) is 33.6 Å². The van der Waals surface area contributed by atoms with Crippen molar-refractivity contribution in [2.45, 2.75) is 78.6 Å². The molecular formula is C20H32O. The van der Waals surface area contributed by atoms with E-state index in [4.69, 9.17) is 0 Å². The lowest BCUT2D eigenvalue weighted by atomic mass is 9.43. The molecule has 4 saturated carbocycles. The minimum atomic E-state index is 0.0543. The molecule has 0 aromatic carbocycles. The van der Waals surface area contributed by atoms with Gasteiger partial charge >= 0.3 is 0 Å². The summed E-state index contributed by atoms with van der Waals surface area (Å²) < 4.78 is 0. The second-order valence-corrected chi connectivity index (χ2v) is 9.37. The van der Waals surface area contributed by atoms with E-state index in [1.807, 2.05) is 0 Å². The minimum Gasteiger partial charge on any atom is -0.299 e. The summed E-state index contributed by atoms with van der Waals surface area (Å²) in [6.45, 7) is 7.46. The first-order valence-electron chi connectivity index (χ1n) is 9.50. The van der Waals surface area contributed by atoms with E-state index in [1.54, 1.807) is 0 Å². The van der Waals surface area contributed by atoms with E-state index >= 15 is 0 Å². The van der Waals surface area contributed by atoms with Crippen molar-refractivity contribution >= 4 is 5.78 Å². The molecule has 0 saturated heterocycles. The summed E-state index contributed by atoms with van der Waals surface area (Å²) in [5.74, 6) is 4.93. The number of Topliss-reactive ketones (excluding diaryl/α,β-unsaturated/α-hetero) is 1. The van der Waals surface area contributed by atoms with Crippen molar-refractivity contribution in [3.63, 3.8) is 0 Å². The molecule has 0 aromatic rings. The molecule has 4 rings (SSSR count). The summed E-state index contributed by atoms with van der Waals surface area (Å²) in [5.41, 5.74) is 0.645. The Morgan fingerprint density at radius 1 is 0.952 bits per heavy atom. The first-order valence-corrected chi connectivity index (χ1v) is 9.50. The Hall–Kier alpha value is -0.330. The van der Waals surface area contributed by atoms with Crippen molar-refractivity contribution in [3.05, 3.63) is 0 Å². The highest BCUT2D eigenvalue weighted by Gasteiger charge is 2.60. The molecule has 1 unspecified atom stereocenters. The van der Waals surface area contributed by atoms with Crippen molar-refractivity contribution < 1.29 is 4.79 Å². The molecule has 1 heteroatoms. The Bertz CT molecular complexity index is 455. The van der Waals surface area contributed by atoms with Crippen molar-refractivity contribution in [1.82, 2.24) is 0 Å². The van der Waals surface area contributed by atoms with Gasteiger partial charge in [0.05, 0.1) is 0 Å². The van der Waals surface area contributed by atoms with Gasteiger partial charge in [0.2, 0.25) is 0 Å². The normalized spacial score (nSPS) is 56.5. The van der Waals surface area contributed by atoms with Crippen molar-refractivity contribution in [3.8, 4) is 0 Å². The lowest BCUT2D eigenvalue weighted by Gasteiger charge is -2.61. The molecule has 4 aliphatic rings. The van der Waals surface area contributed by atoms with E-state index < -0.39 is 0 Å². The van der Waals surface area contributed by atoms with Crippen LogP contribution in [0, 0.1) is 40.4 Å². The predicted molar refractivity (Wildman–Crippen MR) is 85.9 cm³/mol. The smallest absolute Gasteiger partial charge is 0.139 e. The highest BCUT2D eigenvalue weighted by atomic mass is 16.1. The fourth-order valence-electron chi connectivity index (χ4n) is 7.58. The van der Waals surface area contributed by atoms with Gasteiger partial charge in [-0.15, -0.1) is 0 Å². The number of carbonyl (C=O) groups excluding carboxylic acids is 1. The molecule has 0 spiro atoms. The maximum atomic E-state index is 12.4. The fourth-order valence-corrected chi connectivity index (χ4v) is 7.58. The Labute approximate surface area is 130 Å². The van der Waals surface area contributed by atoms with Crippen LogP contribution >= 0.6 is 0 Å². The molecule has 0 aromatic heterocycles. The van der Waals surface area contributed by atoms with E-state index in [1.165, 1.54) is 51.4 Å². The number of hydrogen-bond donors (Lipinski definition) is 0. The molecule has 0 radical (unpaired) electrons. The van der Waals surface area contributed by atoms with Crippen LogP contribution in [0.15, 0.2) is 0 Å². The lowest BCUT2D eigenvalue weighted by molar-refractivity contribution is -0.144. The maximum Gasteiger partial charge on any atom is 0.139 e. The van der Waals surface area contributed by atoms with Gasteiger partial charge in [0.25, 0.3) is 0 Å². The zero-order chi connectivity index (χ0) is 14.8. The molecule has 0 bridgehead atoms. The topological polar surface area (TPSA) is 17.1 Å². The largest absolute Gasteiger partial charge is 0.299 e. The summed E-state index contributed by atoms with van der Waals surface area (Å²) in [6.07, 6.45) is 11.9. The van der Waals surface area contributed by atoms with Gasteiger partial charge in [-0.25, -0.2) is 0 Å². The van der Waals surface area contributed by atoms with Gasteiger partial charge in [0.1, 0.15) is 5.78 Å². The second kappa shape index (κ2) is 4.59. The maximum absolute atomic E-state index is 12.4. The first kappa shape index (κ1) is 14.3. The van der Waals surface area contributed by atoms with Gasteiger partial charge < -0.3 is 0 Å². The van der Waals surface area contributed by atoms with Crippen LogP contribution in [-0.2, 0) is 4.79 Å². The highest BCUT2D eigenvalue weighted by molar-refractivity contribution is 5.87. The molecule has 21 heavy (non-hydrogen) atoms. The summed E-state index contributed by atoms with van der Waals surface area (Å²) in [5, 5.41) is 0. The average Bonchev–Trinajstić information content (AvgIpc) is 2.75. The SMILES string of the molecule is C[C@H]1C[C@@H]2[C@H](CC[C@]3(C)C(=O)CC[C@@H]23)[C@@]2(C)CCCCC12. The minimum absolute atomic E-state index is 0.0543. The highest BCUT2D eigenvalue weighted by Crippen LogP contribution is 2.66. The molecule has 0 heterocycles. The standard InChI is InChI=1S/C20H32O/c1-13-12-14-16-7-8-18(21)20(16,3)11-9-17(14)19(2)10-5-4-6-15(13)19/h13-17H,4-12H2,1-3H3/t13-,14-,15?,16-,17-,19-,20-/m0/s1.